The summed E-state index contributed by atoms with van der Waals surface area (Å²) in [6.07, 6.45) is -0.797. The molecule has 0 spiro atoms. The zero-order valence-corrected chi connectivity index (χ0v) is 12.1. The lowest BCUT2D eigenvalue weighted by Gasteiger charge is -2.22. The highest BCUT2D eigenvalue weighted by Gasteiger charge is 2.34. The average Bonchev–Trinajstić information content (AvgIpc) is 2.37. The first-order chi connectivity index (χ1) is 8.90. The molecule has 106 valence electrons. The highest BCUT2D eigenvalue weighted by atomic mass is 35.5. The summed E-state index contributed by atoms with van der Waals surface area (Å²) in [6.45, 7) is 1.79. The molecule has 2 unspecified atom stereocenters. The van der Waals surface area contributed by atoms with E-state index in [1.165, 1.54) is 12.1 Å². The quantitative estimate of drug-likeness (QED) is 0.817. The fourth-order valence-electron chi connectivity index (χ4n) is 1.39. The molecule has 0 aliphatic rings. The van der Waals surface area contributed by atoms with Gasteiger partial charge in [-0.25, -0.2) is 4.79 Å². The fourth-order valence-corrected chi connectivity index (χ4v) is 2.54. The molecule has 19 heavy (non-hydrogen) atoms. The number of hydrogen-bond donors (Lipinski definition) is 2. The minimum atomic E-state index is -4.05. The summed E-state index contributed by atoms with van der Waals surface area (Å²) < 4.78 is 21.2. The van der Waals surface area contributed by atoms with Crippen molar-refractivity contribution in [2.24, 2.45) is 0 Å². The van der Waals surface area contributed by atoms with Gasteiger partial charge < -0.3 is 19.5 Å². The second-order valence-electron chi connectivity index (χ2n) is 3.57. The van der Waals surface area contributed by atoms with E-state index in [1.54, 1.807) is 19.1 Å². The fraction of sp³-hybridized carbons (Fsp3) is 0.364. The van der Waals surface area contributed by atoms with Crippen molar-refractivity contribution in [3.63, 3.8) is 0 Å². The average molecular weight is 308 g/mol. The molecule has 1 rings (SSSR count). The maximum absolute atomic E-state index is 11.9. The summed E-state index contributed by atoms with van der Waals surface area (Å²) in [4.78, 5) is 21.2. The van der Waals surface area contributed by atoms with Gasteiger partial charge in [0.2, 0.25) is 0 Å². The van der Waals surface area contributed by atoms with Gasteiger partial charge in [0.1, 0.15) is 0 Å². The predicted octanol–water partition coefficient (Wildman–Crippen LogP) is 2.92. The van der Waals surface area contributed by atoms with Crippen molar-refractivity contribution in [2.75, 3.05) is 13.7 Å². The maximum atomic E-state index is 11.9. The van der Waals surface area contributed by atoms with E-state index in [4.69, 9.17) is 16.3 Å². The highest BCUT2D eigenvalue weighted by molar-refractivity contribution is 7.53. The van der Waals surface area contributed by atoms with Gasteiger partial charge in [0, 0.05) is 12.1 Å². The van der Waals surface area contributed by atoms with Gasteiger partial charge in [-0.05, 0) is 24.6 Å². The normalized spacial score (nSPS) is 15.4. The van der Waals surface area contributed by atoms with Gasteiger partial charge in [0.25, 0.3) is 0 Å². The van der Waals surface area contributed by atoms with Gasteiger partial charge in [-0.2, -0.15) is 0 Å². The van der Waals surface area contributed by atoms with Crippen molar-refractivity contribution in [3.05, 3.63) is 34.9 Å². The Morgan fingerprint density at radius 3 is 2.53 bits per heavy atom. The summed E-state index contributed by atoms with van der Waals surface area (Å²) >= 11 is 5.75. The number of amides is 1. The Bertz CT molecular complexity index is 478. The van der Waals surface area contributed by atoms with E-state index < -0.39 is 19.5 Å². The molecule has 8 heteroatoms. The number of rotatable bonds is 5. The van der Waals surface area contributed by atoms with Crippen LogP contribution >= 0.6 is 19.2 Å². The van der Waals surface area contributed by atoms with E-state index in [1.807, 2.05) is 0 Å². The van der Waals surface area contributed by atoms with Crippen molar-refractivity contribution in [3.8, 4) is 0 Å². The molecular formula is C11H15ClNO5P. The third kappa shape index (κ3) is 4.51. The molecular weight excluding hydrogens is 293 g/mol. The van der Waals surface area contributed by atoms with Crippen molar-refractivity contribution in [1.82, 2.24) is 5.32 Å². The second kappa shape index (κ2) is 6.91. The number of hydrogen-bond acceptors (Lipinski definition) is 4. The third-order valence-corrected chi connectivity index (χ3v) is 4.16. The van der Waals surface area contributed by atoms with Crippen LogP contribution in [-0.4, -0.2) is 24.7 Å². The molecule has 1 aromatic carbocycles. The lowest BCUT2D eigenvalue weighted by Crippen LogP contribution is -2.29. The largest absolute Gasteiger partial charge is 0.450 e. The minimum absolute atomic E-state index is 0.155. The highest BCUT2D eigenvalue weighted by Crippen LogP contribution is 2.54. The topological polar surface area (TPSA) is 84.9 Å². The molecule has 0 aliphatic carbocycles. The molecule has 0 bridgehead atoms. The van der Waals surface area contributed by atoms with E-state index in [9.17, 15) is 14.3 Å². The number of benzene rings is 1. The third-order valence-electron chi connectivity index (χ3n) is 2.30. The van der Waals surface area contributed by atoms with Crippen LogP contribution in [0, 0.1) is 0 Å². The number of ether oxygens (including phenoxy) is 1. The van der Waals surface area contributed by atoms with E-state index in [0.29, 0.717) is 10.6 Å². The van der Waals surface area contributed by atoms with E-state index in [0.717, 1.165) is 7.11 Å². The summed E-state index contributed by atoms with van der Waals surface area (Å²) in [5, 5.41) is 2.78. The SMILES string of the molecule is CCOC(=O)NC(c1ccc(Cl)cc1)P(=O)(O)OC. The molecule has 1 aromatic rings. The molecule has 0 saturated carbocycles. The summed E-state index contributed by atoms with van der Waals surface area (Å²) in [5.74, 6) is -1.21. The van der Waals surface area contributed by atoms with Gasteiger partial charge >= 0.3 is 13.7 Å². The number of alkyl carbamates (subject to hydrolysis) is 1. The van der Waals surface area contributed by atoms with Crippen molar-refractivity contribution in [2.45, 2.75) is 12.7 Å². The maximum Gasteiger partial charge on any atom is 0.408 e. The first-order valence-electron chi connectivity index (χ1n) is 5.47. The van der Waals surface area contributed by atoms with Crippen molar-refractivity contribution >= 4 is 25.3 Å². The number of carbonyl (C=O) groups excluding carboxylic acids is 1. The smallest absolute Gasteiger partial charge is 0.408 e. The van der Waals surface area contributed by atoms with E-state index >= 15 is 0 Å². The molecule has 0 aromatic heterocycles. The van der Waals surface area contributed by atoms with Crippen LogP contribution in [0.1, 0.15) is 18.3 Å². The van der Waals surface area contributed by atoms with E-state index in [-0.39, 0.29) is 6.61 Å². The number of nitrogens with one attached hydrogen (secondary N) is 1. The number of halogens is 1. The molecule has 0 radical (unpaired) electrons. The Kier molecular flexibility index (Phi) is 5.82. The minimum Gasteiger partial charge on any atom is -0.450 e. The molecule has 0 heterocycles. The standard InChI is InChI=1S/C11H15ClNO5P/c1-3-18-11(14)13-10(19(15,16)17-2)8-4-6-9(12)7-5-8/h4-7,10H,3H2,1-2H3,(H,13,14)(H,15,16). The van der Waals surface area contributed by atoms with Gasteiger partial charge in [-0.1, -0.05) is 23.7 Å². The van der Waals surface area contributed by atoms with Gasteiger partial charge in [-0.3, -0.25) is 4.57 Å². The van der Waals surface area contributed by atoms with Crippen LogP contribution in [0.4, 0.5) is 4.79 Å². The van der Waals surface area contributed by atoms with Crippen LogP contribution in [0.5, 0.6) is 0 Å². The van der Waals surface area contributed by atoms with Crippen LogP contribution in [0.3, 0.4) is 0 Å². The molecule has 1 amide bonds. The van der Waals surface area contributed by atoms with Crippen LogP contribution in [0.2, 0.25) is 5.02 Å². The lowest BCUT2D eigenvalue weighted by molar-refractivity contribution is 0.149. The Morgan fingerprint density at radius 2 is 2.05 bits per heavy atom. The van der Waals surface area contributed by atoms with Gasteiger partial charge in [-0.15, -0.1) is 0 Å². The zero-order valence-electron chi connectivity index (χ0n) is 10.5. The zero-order chi connectivity index (χ0) is 14.5. The number of carbonyl (C=O) groups is 1. The molecule has 0 saturated heterocycles. The van der Waals surface area contributed by atoms with Gasteiger partial charge in [0.15, 0.2) is 5.78 Å². The molecule has 2 atom stereocenters. The first-order valence-corrected chi connectivity index (χ1v) is 7.50. The van der Waals surface area contributed by atoms with Crippen molar-refractivity contribution in [1.29, 1.82) is 0 Å². The molecule has 6 nitrogen and oxygen atoms in total. The monoisotopic (exact) mass is 307 g/mol. The van der Waals surface area contributed by atoms with Gasteiger partial charge in [0.05, 0.1) is 6.61 Å². The molecule has 2 N–H and O–H groups in total. The Hall–Kier alpha value is -1.07. The Labute approximate surface area is 116 Å². The van der Waals surface area contributed by atoms with Crippen molar-refractivity contribution < 1.29 is 23.5 Å². The van der Waals surface area contributed by atoms with Crippen LogP contribution < -0.4 is 5.32 Å². The second-order valence-corrected chi connectivity index (χ2v) is 6.01. The summed E-state index contributed by atoms with van der Waals surface area (Å²) in [5.41, 5.74) is 0.394. The summed E-state index contributed by atoms with van der Waals surface area (Å²) in [6, 6.07) is 6.15. The first kappa shape index (κ1) is 16.0. The molecule has 0 aliphatic heterocycles. The Morgan fingerprint density at radius 1 is 1.47 bits per heavy atom. The van der Waals surface area contributed by atoms with Crippen LogP contribution in [-0.2, 0) is 13.8 Å². The van der Waals surface area contributed by atoms with E-state index in [2.05, 4.69) is 9.84 Å². The lowest BCUT2D eigenvalue weighted by atomic mass is 10.2. The predicted molar refractivity (Wildman–Crippen MR) is 71.2 cm³/mol. The van der Waals surface area contributed by atoms with Crippen LogP contribution in [0.15, 0.2) is 24.3 Å². The van der Waals surface area contributed by atoms with Crippen LogP contribution in [0.25, 0.3) is 0 Å². The summed E-state index contributed by atoms with van der Waals surface area (Å²) in [7, 11) is -2.96. The Balaban J connectivity index is 3.02. The molecule has 0 fully saturated rings.